The van der Waals surface area contributed by atoms with E-state index in [0.717, 1.165) is 19.3 Å². The predicted molar refractivity (Wildman–Crippen MR) is 73.3 cm³/mol. The van der Waals surface area contributed by atoms with E-state index >= 15 is 0 Å². The molecule has 1 unspecified atom stereocenters. The Balaban J connectivity index is 0.00000162. The molecule has 0 saturated carbocycles. The molecule has 2 aliphatic heterocycles. The molecule has 2 fully saturated rings. The lowest BCUT2D eigenvalue weighted by Gasteiger charge is -2.31. The van der Waals surface area contributed by atoms with Gasteiger partial charge in [-0.05, 0) is 37.6 Å². The van der Waals surface area contributed by atoms with Gasteiger partial charge in [-0.3, -0.25) is 0 Å². The van der Waals surface area contributed by atoms with Crippen molar-refractivity contribution in [1.82, 2.24) is 4.31 Å². The lowest BCUT2D eigenvalue weighted by Crippen LogP contribution is -2.42. The van der Waals surface area contributed by atoms with Gasteiger partial charge < -0.3 is 10.5 Å². The summed E-state index contributed by atoms with van der Waals surface area (Å²) in [5.74, 6) is 0.934. The van der Waals surface area contributed by atoms with Gasteiger partial charge in [-0.1, -0.05) is 0 Å². The summed E-state index contributed by atoms with van der Waals surface area (Å²) in [6.07, 6.45) is 2.67. The third kappa shape index (κ3) is 4.06. The van der Waals surface area contributed by atoms with Gasteiger partial charge in [0.05, 0.1) is 12.4 Å². The fourth-order valence-electron chi connectivity index (χ4n) is 2.54. The molecule has 7 heteroatoms. The topological polar surface area (TPSA) is 72.6 Å². The first-order valence-electron chi connectivity index (χ1n) is 6.37. The second-order valence-corrected chi connectivity index (χ2v) is 7.10. The first kappa shape index (κ1) is 16.2. The van der Waals surface area contributed by atoms with Crippen LogP contribution in [0.2, 0.25) is 0 Å². The van der Waals surface area contributed by atoms with Crippen LogP contribution in [0.1, 0.15) is 19.3 Å². The zero-order chi connectivity index (χ0) is 12.3. The third-order valence-electron chi connectivity index (χ3n) is 3.77. The van der Waals surface area contributed by atoms with E-state index in [-0.39, 0.29) is 24.1 Å². The molecule has 0 bridgehead atoms. The number of nitrogens with zero attached hydrogens (tertiary/aromatic N) is 1. The van der Waals surface area contributed by atoms with E-state index in [4.69, 9.17) is 10.5 Å². The lowest BCUT2D eigenvalue weighted by atomic mass is 9.99. The Kier molecular flexibility index (Phi) is 6.34. The quantitative estimate of drug-likeness (QED) is 0.818. The molecule has 0 aromatic rings. The fraction of sp³-hybridized carbons (Fsp3) is 1.00. The Morgan fingerprint density at radius 2 is 1.83 bits per heavy atom. The highest BCUT2D eigenvalue weighted by Crippen LogP contribution is 2.22. The van der Waals surface area contributed by atoms with Gasteiger partial charge in [-0.25, -0.2) is 12.7 Å². The van der Waals surface area contributed by atoms with Gasteiger partial charge >= 0.3 is 0 Å². The molecular formula is C11H23ClN2O3S. The number of hydrogen-bond donors (Lipinski definition) is 1. The Labute approximate surface area is 116 Å². The number of hydrogen-bond acceptors (Lipinski definition) is 4. The normalized spacial score (nSPS) is 27.1. The standard InChI is InChI=1S/C11H22N2O3S.ClH/c12-7-10-1-4-13(5-2-10)17(14,15)9-11-3-6-16-8-11;/h10-11H,1-9,12H2;1H. The summed E-state index contributed by atoms with van der Waals surface area (Å²) in [6.45, 7) is 3.24. The van der Waals surface area contributed by atoms with Crippen LogP contribution < -0.4 is 5.73 Å². The van der Waals surface area contributed by atoms with Gasteiger partial charge in [0.1, 0.15) is 0 Å². The lowest BCUT2D eigenvalue weighted by molar-refractivity contribution is 0.188. The van der Waals surface area contributed by atoms with Crippen LogP contribution in [0.5, 0.6) is 0 Å². The highest BCUT2D eigenvalue weighted by molar-refractivity contribution is 7.89. The molecule has 2 N–H and O–H groups in total. The second kappa shape index (κ2) is 7.05. The molecule has 108 valence electrons. The maximum Gasteiger partial charge on any atom is 0.214 e. The molecule has 2 aliphatic rings. The Hall–Kier alpha value is 0.120. The first-order chi connectivity index (χ1) is 8.12. The maximum atomic E-state index is 12.2. The molecule has 5 nitrogen and oxygen atoms in total. The summed E-state index contributed by atoms with van der Waals surface area (Å²) in [6, 6.07) is 0. The van der Waals surface area contributed by atoms with Crippen LogP contribution in [0.25, 0.3) is 0 Å². The zero-order valence-corrected chi connectivity index (χ0v) is 12.2. The predicted octanol–water partition coefficient (Wildman–Crippen LogP) is 0.445. The van der Waals surface area contributed by atoms with E-state index in [2.05, 4.69) is 0 Å². The van der Waals surface area contributed by atoms with Crippen molar-refractivity contribution in [3.63, 3.8) is 0 Å². The van der Waals surface area contributed by atoms with Crippen LogP contribution >= 0.6 is 12.4 Å². The summed E-state index contributed by atoms with van der Waals surface area (Å²) in [5.41, 5.74) is 5.61. The highest BCUT2D eigenvalue weighted by atomic mass is 35.5. The zero-order valence-electron chi connectivity index (χ0n) is 10.6. The SMILES string of the molecule is Cl.NCC1CCN(S(=O)(=O)CC2CCOC2)CC1. The van der Waals surface area contributed by atoms with Crippen molar-refractivity contribution in [2.75, 3.05) is 38.6 Å². The molecule has 0 amide bonds. The first-order valence-corrected chi connectivity index (χ1v) is 7.98. The number of rotatable bonds is 4. The van der Waals surface area contributed by atoms with E-state index < -0.39 is 10.0 Å². The third-order valence-corrected chi connectivity index (χ3v) is 5.82. The molecule has 1 atom stereocenters. The van der Waals surface area contributed by atoms with E-state index in [9.17, 15) is 8.42 Å². The molecule has 18 heavy (non-hydrogen) atoms. The largest absolute Gasteiger partial charge is 0.381 e. The van der Waals surface area contributed by atoms with E-state index in [1.165, 1.54) is 0 Å². The van der Waals surface area contributed by atoms with Gasteiger partial charge in [-0.2, -0.15) is 0 Å². The highest BCUT2D eigenvalue weighted by Gasteiger charge is 2.31. The van der Waals surface area contributed by atoms with E-state index in [1.54, 1.807) is 4.31 Å². The molecular weight excluding hydrogens is 276 g/mol. The van der Waals surface area contributed by atoms with Crippen LogP contribution in [-0.4, -0.2) is 51.3 Å². The average Bonchev–Trinajstić information content (AvgIpc) is 2.81. The Bertz CT molecular complexity index is 336. The summed E-state index contributed by atoms with van der Waals surface area (Å²) in [5, 5.41) is 0. The van der Waals surface area contributed by atoms with Gasteiger partial charge in [0, 0.05) is 19.7 Å². The van der Waals surface area contributed by atoms with Gasteiger partial charge in [0.15, 0.2) is 0 Å². The minimum Gasteiger partial charge on any atom is -0.381 e. The van der Waals surface area contributed by atoms with Crippen molar-refractivity contribution in [3.05, 3.63) is 0 Å². The van der Waals surface area contributed by atoms with Crippen molar-refractivity contribution in [1.29, 1.82) is 0 Å². The van der Waals surface area contributed by atoms with Crippen molar-refractivity contribution >= 4 is 22.4 Å². The Morgan fingerprint density at radius 3 is 2.33 bits per heavy atom. The number of nitrogens with two attached hydrogens (primary N) is 1. The van der Waals surface area contributed by atoms with Crippen LogP contribution in [-0.2, 0) is 14.8 Å². The molecule has 0 aromatic heterocycles. The molecule has 0 spiro atoms. The molecule has 2 saturated heterocycles. The van der Waals surface area contributed by atoms with Crippen LogP contribution in [0.4, 0.5) is 0 Å². The number of piperidine rings is 1. The van der Waals surface area contributed by atoms with Crippen molar-refractivity contribution in [3.8, 4) is 0 Å². The van der Waals surface area contributed by atoms with Crippen molar-refractivity contribution in [2.45, 2.75) is 19.3 Å². The minimum atomic E-state index is -3.09. The van der Waals surface area contributed by atoms with Gasteiger partial charge in [0.25, 0.3) is 0 Å². The molecule has 0 radical (unpaired) electrons. The summed E-state index contributed by atoms with van der Waals surface area (Å²) in [4.78, 5) is 0. The molecule has 2 rings (SSSR count). The second-order valence-electron chi connectivity index (χ2n) is 5.09. The smallest absolute Gasteiger partial charge is 0.214 e. The van der Waals surface area contributed by atoms with Crippen LogP contribution in [0, 0.1) is 11.8 Å². The average molecular weight is 299 g/mol. The van der Waals surface area contributed by atoms with Crippen LogP contribution in [0.15, 0.2) is 0 Å². The number of sulfonamides is 1. The fourth-order valence-corrected chi connectivity index (χ4v) is 4.38. The monoisotopic (exact) mass is 298 g/mol. The number of halogens is 1. The summed E-state index contributed by atoms with van der Waals surface area (Å²) >= 11 is 0. The van der Waals surface area contributed by atoms with Crippen molar-refractivity contribution in [2.24, 2.45) is 17.6 Å². The van der Waals surface area contributed by atoms with Gasteiger partial charge in [0.2, 0.25) is 10.0 Å². The van der Waals surface area contributed by atoms with Crippen molar-refractivity contribution < 1.29 is 13.2 Å². The van der Waals surface area contributed by atoms with Gasteiger partial charge in [-0.15, -0.1) is 12.4 Å². The summed E-state index contributed by atoms with van der Waals surface area (Å²) < 4.78 is 31.2. The van der Waals surface area contributed by atoms with E-state index in [0.29, 0.717) is 38.8 Å². The van der Waals surface area contributed by atoms with E-state index in [1.807, 2.05) is 0 Å². The summed E-state index contributed by atoms with van der Waals surface area (Å²) in [7, 11) is -3.09. The maximum absolute atomic E-state index is 12.2. The number of ether oxygens (including phenoxy) is 1. The van der Waals surface area contributed by atoms with Crippen LogP contribution in [0.3, 0.4) is 0 Å². The minimum absolute atomic E-state index is 0. The Morgan fingerprint density at radius 1 is 1.17 bits per heavy atom. The molecule has 2 heterocycles. The molecule has 0 aliphatic carbocycles. The molecule has 0 aromatic carbocycles.